The Kier molecular flexibility index (Phi) is 4.41. The molecule has 3 nitrogen and oxygen atoms in total. The molecule has 3 rings (SSSR count). The Morgan fingerprint density at radius 2 is 1.95 bits per heavy atom. The van der Waals surface area contributed by atoms with Crippen molar-refractivity contribution in [1.29, 1.82) is 0 Å². The Labute approximate surface area is 142 Å². The molecule has 0 spiro atoms. The topological polar surface area (TPSA) is 38.3 Å². The monoisotopic (exact) mass is 379 g/mol. The number of alkyl carbamates (subject to hydrolysis) is 1. The van der Waals surface area contributed by atoms with Crippen LogP contribution in [0.2, 0.25) is 5.02 Å². The van der Waals surface area contributed by atoms with E-state index in [1.165, 1.54) is 0 Å². The summed E-state index contributed by atoms with van der Waals surface area (Å²) in [5.41, 5.74) is 1.64. The summed E-state index contributed by atoms with van der Waals surface area (Å²) in [5.74, 6) is 0. The maximum absolute atomic E-state index is 12.0. The largest absolute Gasteiger partial charge is 0.445 e. The van der Waals surface area contributed by atoms with Crippen LogP contribution in [0.25, 0.3) is 0 Å². The lowest BCUT2D eigenvalue weighted by atomic mass is 10.1. The first kappa shape index (κ1) is 15.4. The third kappa shape index (κ3) is 3.45. The van der Waals surface area contributed by atoms with Crippen LogP contribution in [0.3, 0.4) is 0 Å². The van der Waals surface area contributed by atoms with Crippen LogP contribution in [0.15, 0.2) is 53.0 Å². The quantitative estimate of drug-likeness (QED) is 0.809. The van der Waals surface area contributed by atoms with Gasteiger partial charge in [0.25, 0.3) is 0 Å². The molecule has 5 heteroatoms. The highest BCUT2D eigenvalue weighted by Gasteiger charge is 2.46. The second kappa shape index (κ2) is 6.31. The van der Waals surface area contributed by atoms with Crippen LogP contribution in [0, 0.1) is 0 Å². The Hall–Kier alpha value is -1.52. The summed E-state index contributed by atoms with van der Waals surface area (Å²) in [6.45, 7) is 0.268. The standard InChI is InChI=1S/C17H15BrClNO2/c18-14-7-6-13(10-15(14)19)17(8-9-17)20-16(21)22-11-12-4-2-1-3-5-12/h1-7,10H,8-9,11H2,(H,20,21). The Morgan fingerprint density at radius 1 is 1.23 bits per heavy atom. The van der Waals surface area contributed by atoms with Crippen molar-refractivity contribution in [2.45, 2.75) is 25.0 Å². The number of rotatable bonds is 4. The summed E-state index contributed by atoms with van der Waals surface area (Å²) >= 11 is 9.51. The molecule has 0 unspecified atom stereocenters. The van der Waals surface area contributed by atoms with Crippen LogP contribution in [-0.4, -0.2) is 6.09 Å². The van der Waals surface area contributed by atoms with Gasteiger partial charge in [0.2, 0.25) is 0 Å². The van der Waals surface area contributed by atoms with E-state index in [4.69, 9.17) is 16.3 Å². The summed E-state index contributed by atoms with van der Waals surface area (Å²) in [4.78, 5) is 12.0. The zero-order valence-corrected chi connectivity index (χ0v) is 14.2. The molecule has 22 heavy (non-hydrogen) atoms. The molecule has 1 amide bonds. The number of benzene rings is 2. The first-order valence-electron chi connectivity index (χ1n) is 7.03. The number of carbonyl (C=O) groups excluding carboxylic acids is 1. The van der Waals surface area contributed by atoms with E-state index in [-0.39, 0.29) is 12.1 Å². The summed E-state index contributed by atoms with van der Waals surface area (Å²) in [5, 5.41) is 3.61. The summed E-state index contributed by atoms with van der Waals surface area (Å²) in [7, 11) is 0. The van der Waals surface area contributed by atoms with Gasteiger partial charge < -0.3 is 10.1 Å². The van der Waals surface area contributed by atoms with Crippen LogP contribution < -0.4 is 5.32 Å². The highest BCUT2D eigenvalue weighted by atomic mass is 79.9. The van der Waals surface area contributed by atoms with Gasteiger partial charge in [-0.2, -0.15) is 0 Å². The molecule has 0 atom stereocenters. The molecule has 0 aromatic heterocycles. The first-order valence-corrected chi connectivity index (χ1v) is 8.21. The maximum atomic E-state index is 12.0. The van der Waals surface area contributed by atoms with Gasteiger partial charge in [-0.3, -0.25) is 0 Å². The molecule has 2 aromatic carbocycles. The highest BCUT2D eigenvalue weighted by molar-refractivity contribution is 9.10. The zero-order chi connectivity index (χ0) is 15.6. The van der Waals surface area contributed by atoms with Gasteiger partial charge in [-0.15, -0.1) is 0 Å². The number of nitrogens with one attached hydrogen (secondary N) is 1. The van der Waals surface area contributed by atoms with E-state index < -0.39 is 6.09 Å². The summed E-state index contributed by atoms with van der Waals surface area (Å²) in [6.07, 6.45) is 1.39. The molecular weight excluding hydrogens is 366 g/mol. The van der Waals surface area contributed by atoms with Crippen molar-refractivity contribution in [3.8, 4) is 0 Å². The fourth-order valence-electron chi connectivity index (χ4n) is 2.36. The van der Waals surface area contributed by atoms with E-state index in [0.717, 1.165) is 28.4 Å². The average Bonchev–Trinajstić information content (AvgIpc) is 3.30. The first-order chi connectivity index (χ1) is 10.6. The minimum absolute atomic E-state index is 0.268. The van der Waals surface area contributed by atoms with Crippen molar-refractivity contribution in [1.82, 2.24) is 5.32 Å². The molecule has 0 radical (unpaired) electrons. The molecule has 0 saturated heterocycles. The summed E-state index contributed by atoms with van der Waals surface area (Å²) in [6, 6.07) is 15.4. The van der Waals surface area contributed by atoms with E-state index in [1.807, 2.05) is 48.5 Å². The molecule has 1 N–H and O–H groups in total. The van der Waals surface area contributed by atoms with Crippen molar-refractivity contribution in [2.24, 2.45) is 0 Å². The number of amides is 1. The molecule has 2 aromatic rings. The van der Waals surface area contributed by atoms with Crippen molar-refractivity contribution in [2.75, 3.05) is 0 Å². The van der Waals surface area contributed by atoms with Gasteiger partial charge in [-0.25, -0.2) is 4.79 Å². The van der Waals surface area contributed by atoms with E-state index in [9.17, 15) is 4.79 Å². The molecule has 0 aliphatic heterocycles. The predicted octanol–water partition coefficient (Wildman–Crippen LogP) is 5.02. The van der Waals surface area contributed by atoms with Crippen LogP contribution in [-0.2, 0) is 16.9 Å². The van der Waals surface area contributed by atoms with Gasteiger partial charge in [0.15, 0.2) is 0 Å². The molecular formula is C17H15BrClNO2. The van der Waals surface area contributed by atoms with Gasteiger partial charge in [0, 0.05) is 4.47 Å². The van der Waals surface area contributed by atoms with Crippen LogP contribution in [0.4, 0.5) is 4.79 Å². The lowest BCUT2D eigenvalue weighted by Gasteiger charge is -2.18. The third-order valence-corrected chi connectivity index (χ3v) is 5.01. The van der Waals surface area contributed by atoms with Crippen LogP contribution in [0.1, 0.15) is 24.0 Å². The second-order valence-electron chi connectivity index (χ2n) is 5.40. The third-order valence-electron chi connectivity index (χ3n) is 3.78. The lowest BCUT2D eigenvalue weighted by molar-refractivity contribution is 0.134. The summed E-state index contributed by atoms with van der Waals surface area (Å²) < 4.78 is 6.13. The lowest BCUT2D eigenvalue weighted by Crippen LogP contribution is -2.35. The number of carbonyl (C=O) groups is 1. The Balaban J connectivity index is 1.62. The van der Waals surface area contributed by atoms with Crippen molar-refractivity contribution >= 4 is 33.6 Å². The number of hydrogen-bond donors (Lipinski definition) is 1. The van der Waals surface area contributed by atoms with Gasteiger partial charge in [0.1, 0.15) is 6.61 Å². The molecule has 1 fully saturated rings. The van der Waals surface area contributed by atoms with E-state index in [2.05, 4.69) is 21.2 Å². The maximum Gasteiger partial charge on any atom is 0.408 e. The van der Waals surface area contributed by atoms with E-state index >= 15 is 0 Å². The normalized spacial score (nSPS) is 15.2. The SMILES string of the molecule is O=C(NC1(c2ccc(Br)c(Cl)c2)CC1)OCc1ccccc1. The molecule has 114 valence electrons. The minimum Gasteiger partial charge on any atom is -0.445 e. The van der Waals surface area contributed by atoms with E-state index in [1.54, 1.807) is 0 Å². The van der Waals surface area contributed by atoms with Crippen molar-refractivity contribution in [3.63, 3.8) is 0 Å². The molecule has 0 bridgehead atoms. The number of halogens is 2. The van der Waals surface area contributed by atoms with Crippen molar-refractivity contribution in [3.05, 3.63) is 69.2 Å². The van der Waals surface area contributed by atoms with E-state index in [0.29, 0.717) is 5.02 Å². The molecule has 0 heterocycles. The fourth-order valence-corrected chi connectivity index (χ4v) is 2.79. The predicted molar refractivity (Wildman–Crippen MR) is 89.8 cm³/mol. The fraction of sp³-hybridized carbons (Fsp3) is 0.235. The number of ether oxygens (including phenoxy) is 1. The van der Waals surface area contributed by atoms with Gasteiger partial charge >= 0.3 is 6.09 Å². The highest BCUT2D eigenvalue weighted by Crippen LogP contribution is 2.46. The van der Waals surface area contributed by atoms with Crippen molar-refractivity contribution < 1.29 is 9.53 Å². The van der Waals surface area contributed by atoms with Gasteiger partial charge in [-0.05, 0) is 52.0 Å². The Morgan fingerprint density at radius 3 is 2.59 bits per heavy atom. The van der Waals surface area contributed by atoms with Crippen LogP contribution in [0.5, 0.6) is 0 Å². The second-order valence-corrected chi connectivity index (χ2v) is 6.66. The van der Waals surface area contributed by atoms with Crippen LogP contribution >= 0.6 is 27.5 Å². The molecule has 1 saturated carbocycles. The zero-order valence-electron chi connectivity index (χ0n) is 11.8. The Bertz CT molecular complexity index is 686. The number of hydrogen-bond acceptors (Lipinski definition) is 2. The van der Waals surface area contributed by atoms with Gasteiger partial charge in [0.05, 0.1) is 10.6 Å². The molecule has 1 aliphatic carbocycles. The average molecular weight is 381 g/mol. The minimum atomic E-state index is -0.402. The smallest absolute Gasteiger partial charge is 0.408 e. The van der Waals surface area contributed by atoms with Gasteiger partial charge in [-0.1, -0.05) is 48.0 Å². The molecule has 1 aliphatic rings.